The van der Waals surface area contributed by atoms with Crippen molar-refractivity contribution in [3.05, 3.63) is 25.3 Å². The van der Waals surface area contributed by atoms with E-state index in [2.05, 4.69) is 18.5 Å². The van der Waals surface area contributed by atoms with Crippen molar-refractivity contribution in [1.82, 2.24) is 5.32 Å². The van der Waals surface area contributed by atoms with Crippen molar-refractivity contribution in [2.75, 3.05) is 0 Å². The van der Waals surface area contributed by atoms with Crippen LogP contribution in [0.3, 0.4) is 0 Å². The number of nitrogens with one attached hydrogen (secondary N) is 1. The Kier molecular flexibility index (Phi) is 7.05. The first kappa shape index (κ1) is 16.5. The SMILES string of the molecule is C=CCC(CC=C)C(=O)N[C@H]1CCCCC[C@H]1C(=O)O. The minimum atomic E-state index is -0.804. The molecule has 0 spiro atoms. The van der Waals surface area contributed by atoms with Crippen LogP contribution in [0.15, 0.2) is 25.3 Å². The van der Waals surface area contributed by atoms with Crippen LogP contribution in [0.25, 0.3) is 0 Å². The molecule has 0 heterocycles. The molecule has 20 heavy (non-hydrogen) atoms. The minimum Gasteiger partial charge on any atom is -0.481 e. The molecule has 0 aromatic heterocycles. The van der Waals surface area contributed by atoms with E-state index >= 15 is 0 Å². The molecule has 4 nitrogen and oxygen atoms in total. The van der Waals surface area contributed by atoms with Crippen LogP contribution in [0, 0.1) is 11.8 Å². The predicted octanol–water partition coefficient (Wildman–Crippen LogP) is 2.90. The van der Waals surface area contributed by atoms with Gasteiger partial charge < -0.3 is 10.4 Å². The summed E-state index contributed by atoms with van der Waals surface area (Å²) >= 11 is 0. The molecule has 0 saturated heterocycles. The van der Waals surface area contributed by atoms with E-state index in [1.165, 1.54) is 0 Å². The molecule has 1 amide bonds. The monoisotopic (exact) mass is 279 g/mol. The highest BCUT2D eigenvalue weighted by molar-refractivity contribution is 5.80. The van der Waals surface area contributed by atoms with Crippen molar-refractivity contribution in [3.63, 3.8) is 0 Å². The van der Waals surface area contributed by atoms with Gasteiger partial charge in [0, 0.05) is 12.0 Å². The Morgan fingerprint density at radius 2 is 1.75 bits per heavy atom. The number of aliphatic carboxylic acids is 1. The van der Waals surface area contributed by atoms with Crippen molar-refractivity contribution in [2.45, 2.75) is 51.0 Å². The average Bonchev–Trinajstić information content (AvgIpc) is 2.64. The average molecular weight is 279 g/mol. The first-order chi connectivity index (χ1) is 9.60. The molecule has 0 aliphatic heterocycles. The topological polar surface area (TPSA) is 66.4 Å². The number of carboxylic acid groups (broad SMARTS) is 1. The lowest BCUT2D eigenvalue weighted by atomic mass is 9.93. The second-order valence-electron chi connectivity index (χ2n) is 5.44. The third kappa shape index (κ3) is 4.83. The van der Waals surface area contributed by atoms with Gasteiger partial charge in [0.05, 0.1) is 5.92 Å². The Balaban J connectivity index is 2.70. The van der Waals surface area contributed by atoms with E-state index in [0.29, 0.717) is 19.3 Å². The maximum atomic E-state index is 12.3. The number of amides is 1. The fraction of sp³-hybridized carbons (Fsp3) is 0.625. The third-order valence-electron chi connectivity index (χ3n) is 3.93. The molecular formula is C16H25NO3. The maximum Gasteiger partial charge on any atom is 0.308 e. The second kappa shape index (κ2) is 8.56. The zero-order valence-corrected chi connectivity index (χ0v) is 12.0. The van der Waals surface area contributed by atoms with E-state index in [-0.39, 0.29) is 17.9 Å². The fourth-order valence-corrected chi connectivity index (χ4v) is 2.79. The zero-order chi connectivity index (χ0) is 15.0. The van der Waals surface area contributed by atoms with Gasteiger partial charge in [-0.2, -0.15) is 0 Å². The molecule has 0 radical (unpaired) electrons. The molecule has 1 saturated carbocycles. The largest absolute Gasteiger partial charge is 0.481 e. The quantitative estimate of drug-likeness (QED) is 0.556. The highest BCUT2D eigenvalue weighted by atomic mass is 16.4. The van der Waals surface area contributed by atoms with Crippen molar-refractivity contribution >= 4 is 11.9 Å². The summed E-state index contributed by atoms with van der Waals surface area (Å²) in [6, 6.07) is -0.250. The fourth-order valence-electron chi connectivity index (χ4n) is 2.79. The first-order valence-electron chi connectivity index (χ1n) is 7.35. The summed E-state index contributed by atoms with van der Waals surface area (Å²) in [6.45, 7) is 7.32. The van der Waals surface area contributed by atoms with Gasteiger partial charge in [-0.05, 0) is 25.7 Å². The van der Waals surface area contributed by atoms with Crippen molar-refractivity contribution in [1.29, 1.82) is 0 Å². The summed E-state index contributed by atoms with van der Waals surface area (Å²) < 4.78 is 0. The highest BCUT2D eigenvalue weighted by Gasteiger charge is 2.31. The van der Waals surface area contributed by atoms with Gasteiger partial charge in [0.2, 0.25) is 5.91 Å². The Morgan fingerprint density at radius 1 is 1.15 bits per heavy atom. The van der Waals surface area contributed by atoms with E-state index in [1.807, 2.05) is 0 Å². The molecule has 112 valence electrons. The lowest BCUT2D eigenvalue weighted by Gasteiger charge is -2.25. The molecule has 0 aromatic rings. The van der Waals surface area contributed by atoms with Crippen LogP contribution in [-0.2, 0) is 9.59 Å². The number of rotatable bonds is 7. The summed E-state index contributed by atoms with van der Waals surface area (Å²) in [4.78, 5) is 23.6. The molecule has 2 N–H and O–H groups in total. The van der Waals surface area contributed by atoms with Gasteiger partial charge in [-0.3, -0.25) is 9.59 Å². The maximum absolute atomic E-state index is 12.3. The number of carbonyl (C=O) groups excluding carboxylic acids is 1. The standard InChI is InChI=1S/C16H25NO3/c1-3-8-12(9-4-2)15(18)17-14-11-7-5-6-10-13(14)16(19)20/h3-4,12-14H,1-2,5-11H2,(H,17,18)(H,19,20)/t13-,14+/m1/s1. The van der Waals surface area contributed by atoms with E-state index in [0.717, 1.165) is 25.7 Å². The first-order valence-corrected chi connectivity index (χ1v) is 7.35. The lowest BCUT2D eigenvalue weighted by molar-refractivity contribution is -0.143. The van der Waals surface area contributed by atoms with E-state index in [4.69, 9.17) is 0 Å². The molecule has 1 aliphatic carbocycles. The van der Waals surface area contributed by atoms with Crippen LogP contribution in [0.2, 0.25) is 0 Å². The molecular weight excluding hydrogens is 254 g/mol. The van der Waals surface area contributed by atoms with Crippen molar-refractivity contribution < 1.29 is 14.7 Å². The molecule has 4 heteroatoms. The summed E-state index contributed by atoms with van der Waals surface area (Å²) in [5, 5.41) is 12.3. The van der Waals surface area contributed by atoms with Crippen molar-refractivity contribution in [2.24, 2.45) is 11.8 Å². The third-order valence-corrected chi connectivity index (χ3v) is 3.93. The number of allylic oxidation sites excluding steroid dienone is 2. The molecule has 0 bridgehead atoms. The van der Waals surface area contributed by atoms with Crippen LogP contribution in [0.4, 0.5) is 0 Å². The molecule has 1 aliphatic rings. The summed E-state index contributed by atoms with van der Waals surface area (Å²) in [6.07, 6.45) is 8.94. The van der Waals surface area contributed by atoms with E-state index < -0.39 is 11.9 Å². The summed E-state index contributed by atoms with van der Waals surface area (Å²) in [5.74, 6) is -1.54. The Labute approximate surface area is 120 Å². The molecule has 0 unspecified atom stereocenters. The zero-order valence-electron chi connectivity index (χ0n) is 12.0. The predicted molar refractivity (Wildman–Crippen MR) is 79.3 cm³/mol. The lowest BCUT2D eigenvalue weighted by Crippen LogP contribution is -2.45. The van der Waals surface area contributed by atoms with Gasteiger partial charge in [-0.25, -0.2) is 0 Å². The van der Waals surface area contributed by atoms with Crippen molar-refractivity contribution in [3.8, 4) is 0 Å². The van der Waals surface area contributed by atoms with Gasteiger partial charge >= 0.3 is 5.97 Å². The molecule has 1 fully saturated rings. The van der Waals surface area contributed by atoms with Gasteiger partial charge in [-0.1, -0.05) is 31.4 Å². The normalized spacial score (nSPS) is 22.9. The summed E-state index contributed by atoms with van der Waals surface area (Å²) in [7, 11) is 0. The summed E-state index contributed by atoms with van der Waals surface area (Å²) in [5.41, 5.74) is 0. The number of hydrogen-bond donors (Lipinski definition) is 2. The van der Waals surface area contributed by atoms with Gasteiger partial charge in [0.15, 0.2) is 0 Å². The van der Waals surface area contributed by atoms with Crippen LogP contribution in [0.1, 0.15) is 44.9 Å². The highest BCUT2D eigenvalue weighted by Crippen LogP contribution is 2.24. The van der Waals surface area contributed by atoms with Gasteiger partial charge in [-0.15, -0.1) is 13.2 Å². The molecule has 1 rings (SSSR count). The van der Waals surface area contributed by atoms with E-state index in [9.17, 15) is 14.7 Å². The van der Waals surface area contributed by atoms with Crippen LogP contribution >= 0.6 is 0 Å². The Morgan fingerprint density at radius 3 is 2.30 bits per heavy atom. The molecule has 0 aromatic carbocycles. The van der Waals surface area contributed by atoms with Gasteiger partial charge in [0.25, 0.3) is 0 Å². The van der Waals surface area contributed by atoms with Crippen LogP contribution in [0.5, 0.6) is 0 Å². The number of carboxylic acids is 1. The van der Waals surface area contributed by atoms with Crippen LogP contribution in [-0.4, -0.2) is 23.0 Å². The second-order valence-corrected chi connectivity index (χ2v) is 5.44. The van der Waals surface area contributed by atoms with Crippen LogP contribution < -0.4 is 5.32 Å². The smallest absolute Gasteiger partial charge is 0.308 e. The Hall–Kier alpha value is -1.58. The number of hydrogen-bond acceptors (Lipinski definition) is 2. The Bertz CT molecular complexity index is 355. The van der Waals surface area contributed by atoms with Gasteiger partial charge in [0.1, 0.15) is 0 Å². The molecule has 2 atom stereocenters. The number of carbonyl (C=O) groups is 2. The van der Waals surface area contributed by atoms with E-state index in [1.54, 1.807) is 12.2 Å². The minimum absolute atomic E-state index is 0.0806.